The summed E-state index contributed by atoms with van der Waals surface area (Å²) in [5.74, 6) is 0. The largest absolute Gasteiger partial charge is 0.376 e. The molecule has 4 nitrogen and oxygen atoms in total. The molecule has 1 saturated carbocycles. The predicted octanol–water partition coefficient (Wildman–Crippen LogP) is 3.18. The number of aromatic nitrogens is 2. The Morgan fingerprint density at radius 1 is 1.37 bits per heavy atom. The van der Waals surface area contributed by atoms with E-state index in [4.69, 9.17) is 4.74 Å². The van der Waals surface area contributed by atoms with E-state index in [0.29, 0.717) is 0 Å². The third-order valence-corrected chi connectivity index (χ3v) is 4.99. The minimum absolute atomic E-state index is 0.123. The van der Waals surface area contributed by atoms with Crippen molar-refractivity contribution in [1.29, 1.82) is 0 Å². The summed E-state index contributed by atoms with van der Waals surface area (Å²) in [5, 5.41) is 7.80. The summed E-state index contributed by atoms with van der Waals surface area (Å²) in [4.78, 5) is 0. The van der Waals surface area contributed by atoms with Crippen LogP contribution in [0.3, 0.4) is 0 Å². The lowest BCUT2D eigenvalue weighted by atomic mass is 9.84. The fourth-order valence-electron chi connectivity index (χ4n) is 3.33. The van der Waals surface area contributed by atoms with Crippen LogP contribution in [-0.4, -0.2) is 29.5 Å². The number of halogens is 1. The van der Waals surface area contributed by atoms with Gasteiger partial charge in [-0.25, -0.2) is 0 Å². The molecular formula is C14H24BrN3O. The quantitative estimate of drug-likeness (QED) is 0.862. The van der Waals surface area contributed by atoms with Gasteiger partial charge in [0.05, 0.1) is 28.0 Å². The second kappa shape index (κ2) is 6.37. The molecule has 1 atom stereocenters. The number of nitrogens with zero attached hydrogens (tertiary/aromatic N) is 2. The van der Waals surface area contributed by atoms with Crippen molar-refractivity contribution in [3.8, 4) is 0 Å². The third kappa shape index (κ3) is 2.88. The molecule has 1 aromatic rings. The fraction of sp³-hybridized carbons (Fsp3) is 0.786. The first-order valence-corrected chi connectivity index (χ1v) is 7.84. The number of rotatable bonds is 4. The number of methoxy groups -OCH3 is 1. The first-order chi connectivity index (χ1) is 9.14. The molecule has 1 fully saturated rings. The van der Waals surface area contributed by atoms with Gasteiger partial charge in [0.15, 0.2) is 0 Å². The number of nitrogens with one attached hydrogen (secondary N) is 1. The van der Waals surface area contributed by atoms with Crippen molar-refractivity contribution < 1.29 is 4.74 Å². The Balaban J connectivity index is 2.37. The minimum atomic E-state index is -0.123. The first kappa shape index (κ1) is 15.0. The van der Waals surface area contributed by atoms with E-state index in [9.17, 15) is 0 Å². The summed E-state index contributed by atoms with van der Waals surface area (Å²) in [6, 6.07) is 0.164. The van der Waals surface area contributed by atoms with Gasteiger partial charge in [-0.1, -0.05) is 25.7 Å². The zero-order valence-electron chi connectivity index (χ0n) is 12.1. The summed E-state index contributed by atoms with van der Waals surface area (Å²) in [6.07, 6.45) is 9.17. The maximum atomic E-state index is 6.02. The van der Waals surface area contributed by atoms with E-state index >= 15 is 0 Å². The number of likely N-dealkylation sites (N-methyl/N-ethyl adjacent to an activating group) is 1. The van der Waals surface area contributed by atoms with Gasteiger partial charge in [-0.3, -0.25) is 4.68 Å². The summed E-state index contributed by atoms with van der Waals surface area (Å²) in [5.41, 5.74) is 1.05. The summed E-state index contributed by atoms with van der Waals surface area (Å²) in [6.45, 7) is 0. The van der Waals surface area contributed by atoms with Crippen LogP contribution in [-0.2, 0) is 11.8 Å². The van der Waals surface area contributed by atoms with Crippen molar-refractivity contribution in [3.63, 3.8) is 0 Å². The van der Waals surface area contributed by atoms with E-state index < -0.39 is 0 Å². The highest BCUT2D eigenvalue weighted by atomic mass is 79.9. The minimum Gasteiger partial charge on any atom is -0.376 e. The lowest BCUT2D eigenvalue weighted by molar-refractivity contribution is -0.0543. The lowest BCUT2D eigenvalue weighted by Crippen LogP contribution is -2.45. The molecule has 1 aromatic heterocycles. The molecular weight excluding hydrogens is 306 g/mol. The molecule has 19 heavy (non-hydrogen) atoms. The highest BCUT2D eigenvalue weighted by molar-refractivity contribution is 9.10. The fourth-order valence-corrected chi connectivity index (χ4v) is 3.91. The van der Waals surface area contributed by atoms with Gasteiger partial charge >= 0.3 is 0 Å². The maximum absolute atomic E-state index is 6.02. The molecule has 0 saturated heterocycles. The molecule has 1 heterocycles. The van der Waals surface area contributed by atoms with E-state index in [2.05, 4.69) is 26.3 Å². The van der Waals surface area contributed by atoms with Crippen molar-refractivity contribution >= 4 is 15.9 Å². The van der Waals surface area contributed by atoms with Crippen LogP contribution in [0.5, 0.6) is 0 Å². The van der Waals surface area contributed by atoms with Gasteiger partial charge in [-0.05, 0) is 35.8 Å². The zero-order valence-corrected chi connectivity index (χ0v) is 13.7. The molecule has 0 spiro atoms. The molecule has 0 aromatic carbocycles. The molecule has 5 heteroatoms. The predicted molar refractivity (Wildman–Crippen MR) is 80.2 cm³/mol. The van der Waals surface area contributed by atoms with Gasteiger partial charge < -0.3 is 10.1 Å². The highest BCUT2D eigenvalue weighted by Gasteiger charge is 2.41. The van der Waals surface area contributed by atoms with Crippen molar-refractivity contribution in [2.75, 3.05) is 14.2 Å². The highest BCUT2D eigenvalue weighted by Crippen LogP contribution is 2.41. The number of ether oxygens (including phenoxy) is 1. The molecule has 0 bridgehead atoms. The average Bonchev–Trinajstić information content (AvgIpc) is 2.65. The normalized spacial score (nSPS) is 21.1. The maximum Gasteiger partial charge on any atom is 0.0888 e. The Bertz CT molecular complexity index is 391. The van der Waals surface area contributed by atoms with E-state index in [1.807, 2.05) is 32.1 Å². The molecule has 1 N–H and O–H groups in total. The standard InChI is InChI=1S/C14H24BrN3O/c1-16-13(12-11(15)10-17-18(12)2)14(19-3)8-6-4-5-7-9-14/h10,13,16H,4-9H2,1-3H3. The van der Waals surface area contributed by atoms with E-state index in [1.165, 1.54) is 31.4 Å². The molecule has 1 unspecified atom stereocenters. The molecule has 0 aliphatic heterocycles. The smallest absolute Gasteiger partial charge is 0.0888 e. The molecule has 108 valence electrons. The van der Waals surface area contributed by atoms with E-state index in [0.717, 1.165) is 17.3 Å². The van der Waals surface area contributed by atoms with Crippen molar-refractivity contribution in [3.05, 3.63) is 16.4 Å². The van der Waals surface area contributed by atoms with E-state index in [-0.39, 0.29) is 11.6 Å². The Morgan fingerprint density at radius 2 is 2.00 bits per heavy atom. The Labute approximate surface area is 124 Å². The van der Waals surface area contributed by atoms with Crippen LogP contribution < -0.4 is 5.32 Å². The first-order valence-electron chi connectivity index (χ1n) is 7.04. The van der Waals surface area contributed by atoms with Gasteiger partial charge in [-0.2, -0.15) is 5.10 Å². The molecule has 1 aliphatic rings. The number of aryl methyl sites for hydroxylation is 1. The van der Waals surface area contributed by atoms with Gasteiger partial charge in [0.2, 0.25) is 0 Å². The summed E-state index contributed by atoms with van der Waals surface area (Å²) >= 11 is 3.62. The van der Waals surface area contributed by atoms with Crippen molar-refractivity contribution in [2.45, 2.75) is 50.2 Å². The lowest BCUT2D eigenvalue weighted by Gasteiger charge is -2.39. The Morgan fingerprint density at radius 3 is 2.42 bits per heavy atom. The molecule has 2 rings (SSSR count). The van der Waals surface area contributed by atoms with Crippen molar-refractivity contribution in [2.24, 2.45) is 7.05 Å². The van der Waals surface area contributed by atoms with Crippen LogP contribution in [0.1, 0.15) is 50.3 Å². The SMILES string of the molecule is CNC(c1c(Br)cnn1C)C1(OC)CCCCCC1. The average molecular weight is 330 g/mol. The van der Waals surface area contributed by atoms with Crippen LogP contribution >= 0.6 is 15.9 Å². The van der Waals surface area contributed by atoms with Gasteiger partial charge in [0.1, 0.15) is 0 Å². The van der Waals surface area contributed by atoms with Crippen LogP contribution in [0.15, 0.2) is 10.7 Å². The molecule has 0 amide bonds. The topological polar surface area (TPSA) is 39.1 Å². The van der Waals surface area contributed by atoms with Crippen molar-refractivity contribution in [1.82, 2.24) is 15.1 Å². The Hall–Kier alpha value is -0.390. The van der Waals surface area contributed by atoms with E-state index in [1.54, 1.807) is 0 Å². The number of hydrogen-bond acceptors (Lipinski definition) is 3. The van der Waals surface area contributed by atoms with Gasteiger partial charge in [-0.15, -0.1) is 0 Å². The van der Waals surface area contributed by atoms with Gasteiger partial charge in [0.25, 0.3) is 0 Å². The Kier molecular flexibility index (Phi) is 5.03. The third-order valence-electron chi connectivity index (χ3n) is 4.38. The number of hydrogen-bond donors (Lipinski definition) is 1. The van der Waals surface area contributed by atoms with Crippen LogP contribution in [0.25, 0.3) is 0 Å². The van der Waals surface area contributed by atoms with Gasteiger partial charge in [0, 0.05) is 14.2 Å². The molecule has 1 aliphatic carbocycles. The second-order valence-electron chi connectivity index (χ2n) is 5.41. The molecule has 0 radical (unpaired) electrons. The second-order valence-corrected chi connectivity index (χ2v) is 6.26. The zero-order chi connectivity index (χ0) is 13.9. The summed E-state index contributed by atoms with van der Waals surface area (Å²) < 4.78 is 9.01. The summed E-state index contributed by atoms with van der Waals surface area (Å²) in [7, 11) is 5.85. The van der Waals surface area contributed by atoms with Crippen LogP contribution in [0.4, 0.5) is 0 Å². The van der Waals surface area contributed by atoms with Crippen LogP contribution in [0, 0.1) is 0 Å². The van der Waals surface area contributed by atoms with Crippen LogP contribution in [0.2, 0.25) is 0 Å². The monoisotopic (exact) mass is 329 g/mol.